The molecule has 0 aliphatic carbocycles. The Morgan fingerprint density at radius 2 is 2.17 bits per heavy atom. The molecular weight excluding hydrogens is 311 g/mol. The Balaban J connectivity index is 1.77. The lowest BCUT2D eigenvalue weighted by molar-refractivity contribution is 0.0489. The predicted molar refractivity (Wildman–Crippen MR) is 91.4 cm³/mol. The lowest BCUT2D eigenvalue weighted by atomic mass is 9.74. The predicted octanol–water partition coefficient (Wildman–Crippen LogP) is 3.99. The molecule has 1 N–H and O–H groups in total. The van der Waals surface area contributed by atoms with Gasteiger partial charge < -0.3 is 10.1 Å². The maximum atomic E-state index is 13.7. The van der Waals surface area contributed by atoms with Gasteiger partial charge in [0.05, 0.1) is 5.01 Å². The molecule has 3 nitrogen and oxygen atoms in total. The minimum absolute atomic E-state index is 0.0612. The third kappa shape index (κ3) is 3.79. The van der Waals surface area contributed by atoms with Crippen molar-refractivity contribution in [2.24, 2.45) is 0 Å². The first-order chi connectivity index (χ1) is 11.1. The molecule has 0 amide bonds. The lowest BCUT2D eigenvalue weighted by Crippen LogP contribution is -2.43. The molecule has 0 spiro atoms. The van der Waals surface area contributed by atoms with Crippen molar-refractivity contribution in [1.29, 1.82) is 0 Å². The summed E-state index contributed by atoms with van der Waals surface area (Å²) in [6.45, 7) is 6.45. The molecule has 0 saturated carbocycles. The molecular formula is C18H23FN2OS. The van der Waals surface area contributed by atoms with Gasteiger partial charge in [-0.25, -0.2) is 9.37 Å². The molecule has 1 aromatic carbocycles. The first kappa shape index (κ1) is 16.6. The van der Waals surface area contributed by atoms with Crippen LogP contribution >= 0.6 is 11.3 Å². The van der Waals surface area contributed by atoms with Crippen LogP contribution in [0.1, 0.15) is 41.3 Å². The second-order valence-corrected chi connectivity index (χ2v) is 7.55. The van der Waals surface area contributed by atoms with Gasteiger partial charge in [-0.2, -0.15) is 0 Å². The molecule has 1 fully saturated rings. The lowest BCUT2D eigenvalue weighted by Gasteiger charge is -2.38. The van der Waals surface area contributed by atoms with Crippen molar-refractivity contribution in [3.63, 3.8) is 0 Å². The number of rotatable bonds is 5. The fourth-order valence-electron chi connectivity index (χ4n) is 3.18. The molecule has 0 bridgehead atoms. The van der Waals surface area contributed by atoms with Crippen molar-refractivity contribution >= 4 is 11.3 Å². The zero-order valence-corrected chi connectivity index (χ0v) is 14.5. The maximum Gasteiger partial charge on any atom is 0.123 e. The monoisotopic (exact) mass is 334 g/mol. The van der Waals surface area contributed by atoms with Gasteiger partial charge in [0.25, 0.3) is 0 Å². The summed E-state index contributed by atoms with van der Waals surface area (Å²) in [5, 5.41) is 4.72. The number of ether oxygens (including phenoxy) is 1. The molecule has 1 aliphatic rings. The van der Waals surface area contributed by atoms with E-state index in [1.807, 2.05) is 19.2 Å². The Morgan fingerprint density at radius 1 is 1.39 bits per heavy atom. The number of nitrogens with zero attached hydrogens (tertiary/aromatic N) is 1. The quantitative estimate of drug-likeness (QED) is 0.898. The Morgan fingerprint density at radius 3 is 2.83 bits per heavy atom. The van der Waals surface area contributed by atoms with Crippen LogP contribution in [0.2, 0.25) is 0 Å². The van der Waals surface area contributed by atoms with E-state index in [-0.39, 0.29) is 17.3 Å². The summed E-state index contributed by atoms with van der Waals surface area (Å²) in [5.74, 6) is -0.167. The van der Waals surface area contributed by atoms with Crippen LogP contribution in [0, 0.1) is 12.7 Å². The van der Waals surface area contributed by atoms with E-state index < -0.39 is 0 Å². The van der Waals surface area contributed by atoms with Gasteiger partial charge >= 0.3 is 0 Å². The first-order valence-electron chi connectivity index (χ1n) is 8.09. The van der Waals surface area contributed by atoms with Crippen molar-refractivity contribution in [2.45, 2.75) is 38.1 Å². The van der Waals surface area contributed by atoms with Crippen LogP contribution in [-0.4, -0.2) is 24.7 Å². The number of hydrogen-bond acceptors (Lipinski definition) is 4. The van der Waals surface area contributed by atoms with Gasteiger partial charge in [-0.15, -0.1) is 11.3 Å². The standard InChI is InChI=1S/C18H23FN2OS/c1-13(17-11-20-14(2)23-17)21-12-18(6-8-22-9-7-18)15-4-3-5-16(19)10-15/h3-5,10-11,13,21H,6-9,12H2,1-2H3/t13-/m1/s1. The fraction of sp³-hybridized carbons (Fsp3) is 0.500. The fourth-order valence-corrected chi connectivity index (χ4v) is 3.99. The summed E-state index contributed by atoms with van der Waals surface area (Å²) < 4.78 is 19.2. The zero-order chi connectivity index (χ0) is 16.3. The van der Waals surface area contributed by atoms with Gasteiger partial charge in [-0.3, -0.25) is 0 Å². The Kier molecular flexibility index (Phi) is 5.09. The van der Waals surface area contributed by atoms with E-state index in [9.17, 15) is 4.39 Å². The van der Waals surface area contributed by atoms with Crippen LogP contribution in [0.3, 0.4) is 0 Å². The number of benzene rings is 1. The van der Waals surface area contributed by atoms with Gasteiger partial charge in [0, 0.05) is 42.3 Å². The molecule has 3 rings (SSSR count). The zero-order valence-electron chi connectivity index (χ0n) is 13.6. The second-order valence-electron chi connectivity index (χ2n) is 6.29. The van der Waals surface area contributed by atoms with E-state index in [4.69, 9.17) is 4.74 Å². The number of nitrogens with one attached hydrogen (secondary N) is 1. The number of thiazole rings is 1. The van der Waals surface area contributed by atoms with E-state index in [2.05, 4.69) is 17.2 Å². The molecule has 5 heteroatoms. The number of hydrogen-bond donors (Lipinski definition) is 1. The van der Waals surface area contributed by atoms with Gasteiger partial charge in [-0.1, -0.05) is 12.1 Å². The summed E-state index contributed by atoms with van der Waals surface area (Å²) in [4.78, 5) is 5.57. The summed E-state index contributed by atoms with van der Waals surface area (Å²) in [6.07, 6.45) is 3.77. The van der Waals surface area contributed by atoms with Crippen LogP contribution in [-0.2, 0) is 10.2 Å². The highest BCUT2D eigenvalue weighted by molar-refractivity contribution is 7.11. The maximum absolute atomic E-state index is 13.7. The third-order valence-electron chi connectivity index (χ3n) is 4.70. The second kappa shape index (κ2) is 7.07. The van der Waals surface area contributed by atoms with Gasteiger partial charge in [-0.05, 0) is 44.4 Å². The molecule has 0 radical (unpaired) electrons. The van der Waals surface area contributed by atoms with Crippen molar-refractivity contribution in [1.82, 2.24) is 10.3 Å². The third-order valence-corrected chi connectivity index (χ3v) is 5.79. The van der Waals surface area contributed by atoms with Crippen molar-refractivity contribution in [2.75, 3.05) is 19.8 Å². The summed E-state index contributed by atoms with van der Waals surface area (Å²) >= 11 is 1.72. The van der Waals surface area contributed by atoms with Crippen LogP contribution < -0.4 is 5.32 Å². The number of aryl methyl sites for hydroxylation is 1. The summed E-state index contributed by atoms with van der Waals surface area (Å²) in [5.41, 5.74) is 1.01. The normalized spacial score (nSPS) is 18.7. The SMILES string of the molecule is Cc1ncc([C@@H](C)NCC2(c3cccc(F)c3)CCOCC2)s1. The molecule has 0 unspecified atom stereocenters. The Bertz CT molecular complexity index is 652. The summed E-state index contributed by atoms with van der Waals surface area (Å²) in [7, 11) is 0. The van der Waals surface area contributed by atoms with Gasteiger partial charge in [0.15, 0.2) is 0 Å². The van der Waals surface area contributed by atoms with Crippen LogP contribution in [0.5, 0.6) is 0 Å². The van der Waals surface area contributed by atoms with Crippen LogP contribution in [0.15, 0.2) is 30.5 Å². The minimum atomic E-state index is -0.167. The topological polar surface area (TPSA) is 34.2 Å². The van der Waals surface area contributed by atoms with Crippen LogP contribution in [0.25, 0.3) is 0 Å². The highest BCUT2D eigenvalue weighted by atomic mass is 32.1. The van der Waals surface area contributed by atoms with Crippen molar-refractivity contribution < 1.29 is 9.13 Å². The first-order valence-corrected chi connectivity index (χ1v) is 8.90. The molecule has 2 heterocycles. The highest BCUT2D eigenvalue weighted by Gasteiger charge is 2.35. The molecule has 124 valence electrons. The minimum Gasteiger partial charge on any atom is -0.381 e. The summed E-state index contributed by atoms with van der Waals surface area (Å²) in [6, 6.07) is 7.27. The van der Waals surface area contributed by atoms with E-state index >= 15 is 0 Å². The highest BCUT2D eigenvalue weighted by Crippen LogP contribution is 2.35. The molecule has 23 heavy (non-hydrogen) atoms. The van der Waals surface area contributed by atoms with Crippen molar-refractivity contribution in [3.8, 4) is 0 Å². The van der Waals surface area contributed by atoms with Crippen molar-refractivity contribution in [3.05, 3.63) is 51.7 Å². The Labute approximate surface area is 140 Å². The van der Waals surface area contributed by atoms with E-state index in [1.54, 1.807) is 23.5 Å². The molecule has 2 aromatic rings. The average molecular weight is 334 g/mol. The smallest absolute Gasteiger partial charge is 0.123 e. The molecule has 1 atom stereocenters. The van der Waals surface area contributed by atoms with Gasteiger partial charge in [0.2, 0.25) is 0 Å². The molecule has 1 aromatic heterocycles. The molecule has 1 aliphatic heterocycles. The number of aromatic nitrogens is 1. The van der Waals surface area contributed by atoms with E-state index in [1.165, 1.54) is 10.9 Å². The van der Waals surface area contributed by atoms with E-state index in [0.717, 1.165) is 43.2 Å². The number of halogens is 1. The Hall–Kier alpha value is -1.30. The van der Waals surface area contributed by atoms with Gasteiger partial charge in [0.1, 0.15) is 5.82 Å². The van der Waals surface area contributed by atoms with Crippen LogP contribution in [0.4, 0.5) is 4.39 Å². The average Bonchev–Trinajstić information content (AvgIpc) is 3.00. The molecule has 1 saturated heterocycles. The largest absolute Gasteiger partial charge is 0.381 e. The van der Waals surface area contributed by atoms with E-state index in [0.29, 0.717) is 0 Å².